The first-order valence-corrected chi connectivity index (χ1v) is 5.35. The lowest BCUT2D eigenvalue weighted by Gasteiger charge is -2.31. The zero-order valence-electron chi connectivity index (χ0n) is 10.5. The molecule has 94 valence electrons. The fourth-order valence-corrected chi connectivity index (χ4v) is 1.32. The minimum absolute atomic E-state index is 0.141. The molecule has 6 nitrogen and oxygen atoms in total. The van der Waals surface area contributed by atoms with Crippen molar-refractivity contribution in [2.45, 2.75) is 32.9 Å². The van der Waals surface area contributed by atoms with E-state index in [0.29, 0.717) is 6.54 Å². The van der Waals surface area contributed by atoms with Gasteiger partial charge < -0.3 is 14.6 Å². The molecule has 0 radical (unpaired) electrons. The zero-order valence-corrected chi connectivity index (χ0v) is 10.5. The highest BCUT2D eigenvalue weighted by molar-refractivity contribution is 5.81. The van der Waals surface area contributed by atoms with E-state index in [2.05, 4.69) is 4.98 Å². The van der Waals surface area contributed by atoms with E-state index < -0.39 is 11.5 Å². The van der Waals surface area contributed by atoms with Crippen LogP contribution in [0.3, 0.4) is 0 Å². The third-order valence-electron chi connectivity index (χ3n) is 2.92. The number of aliphatic carboxylic acids is 1. The summed E-state index contributed by atoms with van der Waals surface area (Å²) in [6, 6.07) is 0. The van der Waals surface area contributed by atoms with Crippen LogP contribution in [0.5, 0.6) is 0 Å². The number of carbonyl (C=O) groups is 1. The summed E-state index contributed by atoms with van der Waals surface area (Å²) in [5.74, 6) is -0.866. The van der Waals surface area contributed by atoms with E-state index in [9.17, 15) is 9.59 Å². The molecule has 0 aliphatic rings. The van der Waals surface area contributed by atoms with Gasteiger partial charge in [0.25, 0.3) is 5.56 Å². The fourth-order valence-electron chi connectivity index (χ4n) is 1.32. The molecule has 0 aliphatic heterocycles. The third kappa shape index (κ3) is 2.30. The molecular formula is C11H17N3O3. The quantitative estimate of drug-likeness (QED) is 0.831. The molecular weight excluding hydrogens is 222 g/mol. The van der Waals surface area contributed by atoms with Gasteiger partial charge >= 0.3 is 5.97 Å². The lowest BCUT2D eigenvalue weighted by atomic mass is 10.0. The van der Waals surface area contributed by atoms with Crippen LogP contribution in [-0.2, 0) is 11.3 Å². The fraction of sp³-hybridized carbons (Fsp3) is 0.545. The Hall–Kier alpha value is -1.85. The average Bonchev–Trinajstić information content (AvgIpc) is 2.28. The van der Waals surface area contributed by atoms with Gasteiger partial charge in [0.2, 0.25) is 0 Å². The molecule has 17 heavy (non-hydrogen) atoms. The van der Waals surface area contributed by atoms with E-state index in [1.807, 2.05) is 6.92 Å². The second kappa shape index (κ2) is 4.57. The van der Waals surface area contributed by atoms with Crippen LogP contribution in [0.1, 0.15) is 20.8 Å². The number of likely N-dealkylation sites (N-methyl/N-ethyl adjacent to an activating group) is 1. The molecule has 0 aliphatic carbocycles. The lowest BCUT2D eigenvalue weighted by molar-refractivity contribution is -0.142. The predicted molar refractivity (Wildman–Crippen MR) is 64.3 cm³/mol. The molecule has 0 aromatic carbocycles. The van der Waals surface area contributed by atoms with Crippen molar-refractivity contribution in [1.29, 1.82) is 0 Å². The summed E-state index contributed by atoms with van der Waals surface area (Å²) in [7, 11) is 1.55. The summed E-state index contributed by atoms with van der Waals surface area (Å²) in [6.07, 6.45) is 3.07. The maximum absolute atomic E-state index is 12.0. The van der Waals surface area contributed by atoms with Gasteiger partial charge in [0, 0.05) is 26.0 Å². The van der Waals surface area contributed by atoms with Crippen LogP contribution in [-0.4, -0.2) is 33.2 Å². The van der Waals surface area contributed by atoms with Crippen LogP contribution < -0.4 is 10.5 Å². The smallest absolute Gasteiger partial charge is 0.328 e. The number of aromatic nitrogens is 2. The predicted octanol–water partition coefficient (Wildman–Crippen LogP) is 0.563. The SMILES string of the molecule is CCn1ccnc(N(C)C(C)(C)C(=O)O)c1=O. The van der Waals surface area contributed by atoms with Crippen molar-refractivity contribution in [1.82, 2.24) is 9.55 Å². The van der Waals surface area contributed by atoms with Gasteiger partial charge in [-0.25, -0.2) is 9.78 Å². The van der Waals surface area contributed by atoms with Crippen molar-refractivity contribution in [3.8, 4) is 0 Å². The first-order valence-electron chi connectivity index (χ1n) is 5.35. The molecule has 0 saturated heterocycles. The summed E-state index contributed by atoms with van der Waals surface area (Å²) < 4.78 is 1.48. The topological polar surface area (TPSA) is 75.4 Å². The second-order valence-corrected chi connectivity index (χ2v) is 4.27. The first kappa shape index (κ1) is 13.2. The molecule has 0 amide bonds. The van der Waals surface area contributed by atoms with Gasteiger partial charge in [-0.05, 0) is 20.8 Å². The Morgan fingerprint density at radius 2 is 2.18 bits per heavy atom. The van der Waals surface area contributed by atoms with Gasteiger partial charge in [-0.3, -0.25) is 4.79 Å². The van der Waals surface area contributed by atoms with E-state index in [0.717, 1.165) is 0 Å². The van der Waals surface area contributed by atoms with Gasteiger partial charge in [0.1, 0.15) is 5.54 Å². The monoisotopic (exact) mass is 239 g/mol. The van der Waals surface area contributed by atoms with Gasteiger partial charge in [-0.2, -0.15) is 0 Å². The van der Waals surface area contributed by atoms with E-state index in [1.54, 1.807) is 13.2 Å². The minimum Gasteiger partial charge on any atom is -0.480 e. The first-order chi connectivity index (χ1) is 7.82. The lowest BCUT2D eigenvalue weighted by Crippen LogP contribution is -2.50. The summed E-state index contributed by atoms with van der Waals surface area (Å²) in [5.41, 5.74) is -1.47. The highest BCUT2D eigenvalue weighted by Crippen LogP contribution is 2.16. The maximum atomic E-state index is 12.0. The minimum atomic E-state index is -1.18. The third-order valence-corrected chi connectivity index (χ3v) is 2.92. The molecule has 1 aromatic rings. The van der Waals surface area contributed by atoms with Gasteiger partial charge in [0.15, 0.2) is 5.82 Å². The molecule has 1 heterocycles. The highest BCUT2D eigenvalue weighted by atomic mass is 16.4. The van der Waals surface area contributed by atoms with Crippen molar-refractivity contribution in [3.63, 3.8) is 0 Å². The molecule has 6 heteroatoms. The standard InChI is InChI=1S/C11H17N3O3/c1-5-14-7-6-12-8(9(14)15)13(4)11(2,3)10(16)17/h6-7H,5H2,1-4H3,(H,16,17). The molecule has 0 saturated carbocycles. The Labute approximate surface area is 99.5 Å². The number of aryl methyl sites for hydroxylation is 1. The molecule has 0 atom stereocenters. The van der Waals surface area contributed by atoms with Gasteiger partial charge in [0.05, 0.1) is 0 Å². The molecule has 0 fully saturated rings. The zero-order chi connectivity index (χ0) is 13.2. The summed E-state index contributed by atoms with van der Waals surface area (Å²) in [5, 5.41) is 9.11. The summed E-state index contributed by atoms with van der Waals surface area (Å²) in [4.78, 5) is 28.4. The van der Waals surface area contributed by atoms with Gasteiger partial charge in [-0.1, -0.05) is 0 Å². The van der Waals surface area contributed by atoms with Crippen LogP contribution in [0.25, 0.3) is 0 Å². The number of nitrogens with zero attached hydrogens (tertiary/aromatic N) is 3. The van der Waals surface area contributed by atoms with Crippen molar-refractivity contribution in [2.75, 3.05) is 11.9 Å². The number of carboxylic acid groups (broad SMARTS) is 1. The van der Waals surface area contributed by atoms with Crippen molar-refractivity contribution in [3.05, 3.63) is 22.7 Å². The Bertz CT molecular complexity index is 479. The number of hydrogen-bond donors (Lipinski definition) is 1. The summed E-state index contributed by atoms with van der Waals surface area (Å²) >= 11 is 0. The van der Waals surface area contributed by atoms with Crippen LogP contribution in [0.4, 0.5) is 5.82 Å². The normalized spacial score (nSPS) is 11.3. The number of anilines is 1. The number of hydrogen-bond acceptors (Lipinski definition) is 4. The molecule has 1 rings (SSSR count). The Morgan fingerprint density at radius 1 is 1.59 bits per heavy atom. The Morgan fingerprint density at radius 3 is 2.65 bits per heavy atom. The molecule has 0 spiro atoms. The van der Waals surface area contributed by atoms with Crippen LogP contribution in [0, 0.1) is 0 Å². The van der Waals surface area contributed by atoms with Crippen molar-refractivity contribution >= 4 is 11.8 Å². The maximum Gasteiger partial charge on any atom is 0.328 e. The molecule has 0 bridgehead atoms. The highest BCUT2D eigenvalue weighted by Gasteiger charge is 2.34. The largest absolute Gasteiger partial charge is 0.480 e. The Balaban J connectivity index is 3.27. The van der Waals surface area contributed by atoms with Crippen molar-refractivity contribution in [2.24, 2.45) is 0 Å². The van der Waals surface area contributed by atoms with E-state index >= 15 is 0 Å². The van der Waals surface area contributed by atoms with Crippen LogP contribution >= 0.6 is 0 Å². The van der Waals surface area contributed by atoms with Crippen LogP contribution in [0.2, 0.25) is 0 Å². The summed E-state index contributed by atoms with van der Waals surface area (Å²) in [6.45, 7) is 5.42. The number of carboxylic acids is 1. The van der Waals surface area contributed by atoms with E-state index in [-0.39, 0.29) is 11.4 Å². The molecule has 0 unspecified atom stereocenters. The van der Waals surface area contributed by atoms with E-state index in [1.165, 1.54) is 29.5 Å². The van der Waals surface area contributed by atoms with Crippen molar-refractivity contribution < 1.29 is 9.90 Å². The second-order valence-electron chi connectivity index (χ2n) is 4.27. The molecule has 1 aromatic heterocycles. The Kier molecular flexibility index (Phi) is 3.55. The van der Waals surface area contributed by atoms with Crippen LogP contribution in [0.15, 0.2) is 17.2 Å². The molecule has 1 N–H and O–H groups in total. The average molecular weight is 239 g/mol. The van der Waals surface area contributed by atoms with Gasteiger partial charge in [-0.15, -0.1) is 0 Å². The van der Waals surface area contributed by atoms with E-state index in [4.69, 9.17) is 5.11 Å². The number of rotatable bonds is 4.